The topological polar surface area (TPSA) is 24.1 Å². The van der Waals surface area contributed by atoms with Gasteiger partial charge in [-0.1, -0.05) is 107 Å². The van der Waals surface area contributed by atoms with Gasteiger partial charge in [0.1, 0.15) is 0 Å². The van der Waals surface area contributed by atoms with Crippen LogP contribution in [0.2, 0.25) is 0 Å². The van der Waals surface area contributed by atoms with Gasteiger partial charge in [-0.3, -0.25) is 0 Å². The molecule has 0 spiro atoms. The molecule has 0 unspecified atom stereocenters. The lowest BCUT2D eigenvalue weighted by Crippen LogP contribution is -2.16. The summed E-state index contributed by atoms with van der Waals surface area (Å²) in [7, 11) is 1.29. The van der Waals surface area contributed by atoms with E-state index in [1.807, 2.05) is 0 Å². The second kappa shape index (κ2) is 20.1. The number of nitrogens with one attached hydrogen (secondary N) is 2. The van der Waals surface area contributed by atoms with Crippen molar-refractivity contribution in [1.82, 2.24) is 10.6 Å². The third-order valence-corrected chi connectivity index (χ3v) is 5.88. The van der Waals surface area contributed by atoms with E-state index in [9.17, 15) is 0 Å². The number of hydrogen-bond donors (Lipinski definition) is 2. The van der Waals surface area contributed by atoms with Crippen LogP contribution in [0.25, 0.3) is 0 Å². The van der Waals surface area contributed by atoms with Gasteiger partial charge in [0.2, 0.25) is 0 Å². The third-order valence-electron chi connectivity index (χ3n) is 5.38. The van der Waals surface area contributed by atoms with Crippen molar-refractivity contribution in [1.29, 1.82) is 0 Å². The van der Waals surface area contributed by atoms with Crippen molar-refractivity contribution in [3.8, 4) is 0 Å². The monoisotopic (exact) mass is 390 g/mol. The zero-order valence-electron chi connectivity index (χ0n) is 18.1. The summed E-state index contributed by atoms with van der Waals surface area (Å²) in [6, 6.07) is 10.7. The van der Waals surface area contributed by atoms with Crippen molar-refractivity contribution in [2.24, 2.45) is 0 Å². The standard InChI is InChI=1S/C24H46N2Si/c27-23-26-21-17-12-10-8-6-4-2-1-3-5-7-9-11-16-20-25-22-24-18-14-13-15-19-24/h13-15,18-19,25-26H,1-12,16-17,20-23H2,27H3. The highest BCUT2D eigenvalue weighted by Crippen LogP contribution is 2.12. The molecule has 0 amide bonds. The van der Waals surface area contributed by atoms with E-state index >= 15 is 0 Å². The second-order valence-electron chi connectivity index (χ2n) is 7.97. The van der Waals surface area contributed by atoms with Gasteiger partial charge in [-0.05, 0) is 37.7 Å². The summed E-state index contributed by atoms with van der Waals surface area (Å²) < 4.78 is 0. The van der Waals surface area contributed by atoms with Gasteiger partial charge >= 0.3 is 0 Å². The van der Waals surface area contributed by atoms with E-state index in [-0.39, 0.29) is 0 Å². The summed E-state index contributed by atoms with van der Waals surface area (Å²) in [6.45, 7) is 3.41. The molecule has 27 heavy (non-hydrogen) atoms. The van der Waals surface area contributed by atoms with E-state index in [2.05, 4.69) is 41.0 Å². The molecule has 0 fully saturated rings. The van der Waals surface area contributed by atoms with Crippen LogP contribution in [-0.4, -0.2) is 29.5 Å². The minimum Gasteiger partial charge on any atom is -0.320 e. The molecule has 1 aromatic rings. The highest BCUT2D eigenvalue weighted by molar-refractivity contribution is 6.08. The lowest BCUT2D eigenvalue weighted by atomic mass is 10.0. The molecule has 2 N–H and O–H groups in total. The zero-order chi connectivity index (χ0) is 19.3. The maximum atomic E-state index is 3.55. The van der Waals surface area contributed by atoms with E-state index in [1.165, 1.54) is 118 Å². The van der Waals surface area contributed by atoms with Crippen LogP contribution in [0.5, 0.6) is 0 Å². The SMILES string of the molecule is [SiH3]CNCCCCCCCCCCCCCCCCNCc1ccccc1. The van der Waals surface area contributed by atoms with E-state index in [0.717, 1.165) is 13.1 Å². The quantitative estimate of drug-likeness (QED) is 0.238. The van der Waals surface area contributed by atoms with Crippen molar-refractivity contribution in [3.63, 3.8) is 0 Å². The van der Waals surface area contributed by atoms with Crippen LogP contribution in [0.4, 0.5) is 0 Å². The Hall–Kier alpha value is -0.643. The molecule has 0 atom stereocenters. The summed E-state index contributed by atoms with van der Waals surface area (Å²) in [4.78, 5) is 0. The molecule has 1 rings (SSSR count). The summed E-state index contributed by atoms with van der Waals surface area (Å²) >= 11 is 0. The Morgan fingerprint density at radius 3 is 1.37 bits per heavy atom. The zero-order valence-corrected chi connectivity index (χ0v) is 20.1. The van der Waals surface area contributed by atoms with Gasteiger partial charge in [-0.2, -0.15) is 0 Å². The molecule has 0 heterocycles. The molecule has 0 aliphatic rings. The smallest absolute Gasteiger partial charge is 0.0205 e. The Labute approximate surface area is 172 Å². The van der Waals surface area contributed by atoms with Crippen LogP contribution in [0.15, 0.2) is 30.3 Å². The second-order valence-corrected chi connectivity index (χ2v) is 8.67. The van der Waals surface area contributed by atoms with Crippen molar-refractivity contribution in [2.75, 3.05) is 19.3 Å². The average Bonchev–Trinajstić information content (AvgIpc) is 2.70. The van der Waals surface area contributed by atoms with E-state index in [1.54, 1.807) is 0 Å². The molecule has 1 aromatic carbocycles. The predicted octanol–water partition coefficient (Wildman–Crippen LogP) is 5.15. The normalized spacial score (nSPS) is 11.3. The molecule has 0 aromatic heterocycles. The molecular weight excluding hydrogens is 344 g/mol. The van der Waals surface area contributed by atoms with E-state index in [4.69, 9.17) is 0 Å². The lowest BCUT2D eigenvalue weighted by molar-refractivity contribution is 0.526. The molecule has 0 saturated carbocycles. The average molecular weight is 391 g/mol. The summed E-state index contributed by atoms with van der Waals surface area (Å²) in [5.74, 6) is 0. The number of hydrogen-bond acceptors (Lipinski definition) is 2. The Morgan fingerprint density at radius 1 is 0.519 bits per heavy atom. The summed E-state index contributed by atoms with van der Waals surface area (Å²) in [5, 5.41) is 7.02. The van der Waals surface area contributed by atoms with E-state index < -0.39 is 0 Å². The molecule has 0 bridgehead atoms. The van der Waals surface area contributed by atoms with Crippen molar-refractivity contribution in [2.45, 2.75) is 96.4 Å². The number of rotatable bonds is 20. The maximum Gasteiger partial charge on any atom is 0.0205 e. The first-order valence-electron chi connectivity index (χ1n) is 11.9. The fraction of sp³-hybridized carbons (Fsp3) is 0.750. The van der Waals surface area contributed by atoms with Crippen LogP contribution in [0.1, 0.15) is 95.5 Å². The van der Waals surface area contributed by atoms with Crippen molar-refractivity contribution in [3.05, 3.63) is 35.9 Å². The fourth-order valence-electron chi connectivity index (χ4n) is 3.63. The van der Waals surface area contributed by atoms with Gasteiger partial charge in [0, 0.05) is 16.8 Å². The fourth-order valence-corrected chi connectivity index (χ4v) is 3.98. The van der Waals surface area contributed by atoms with Gasteiger partial charge < -0.3 is 10.6 Å². The Balaban J connectivity index is 1.67. The predicted molar refractivity (Wildman–Crippen MR) is 126 cm³/mol. The molecule has 0 saturated heterocycles. The molecule has 2 nitrogen and oxygen atoms in total. The Kier molecular flexibility index (Phi) is 18.2. The van der Waals surface area contributed by atoms with Crippen LogP contribution >= 0.6 is 0 Å². The van der Waals surface area contributed by atoms with Gasteiger partial charge in [0.25, 0.3) is 0 Å². The minimum absolute atomic E-state index is 1.01. The molecule has 156 valence electrons. The minimum atomic E-state index is 1.01. The molecule has 0 aliphatic heterocycles. The first-order chi connectivity index (χ1) is 13.4. The van der Waals surface area contributed by atoms with Gasteiger partial charge in [0.05, 0.1) is 0 Å². The highest BCUT2D eigenvalue weighted by atomic mass is 28.1. The Morgan fingerprint density at radius 2 is 0.926 bits per heavy atom. The molecule has 0 aliphatic carbocycles. The highest BCUT2D eigenvalue weighted by Gasteiger charge is 1.95. The van der Waals surface area contributed by atoms with Crippen LogP contribution < -0.4 is 10.6 Å². The van der Waals surface area contributed by atoms with Crippen LogP contribution in [0, 0.1) is 0 Å². The van der Waals surface area contributed by atoms with Crippen molar-refractivity contribution < 1.29 is 0 Å². The lowest BCUT2D eigenvalue weighted by Gasteiger charge is -2.05. The first kappa shape index (κ1) is 24.4. The third kappa shape index (κ3) is 17.2. The van der Waals surface area contributed by atoms with E-state index in [0.29, 0.717) is 0 Å². The summed E-state index contributed by atoms with van der Waals surface area (Å²) in [5.41, 5.74) is 1.39. The summed E-state index contributed by atoms with van der Waals surface area (Å²) in [6.07, 6.45) is 21.3. The number of benzene rings is 1. The maximum absolute atomic E-state index is 3.55. The van der Waals surface area contributed by atoms with Crippen molar-refractivity contribution >= 4 is 10.2 Å². The van der Waals surface area contributed by atoms with Crippen LogP contribution in [0.3, 0.4) is 0 Å². The first-order valence-corrected chi connectivity index (χ1v) is 13.3. The van der Waals surface area contributed by atoms with Crippen LogP contribution in [-0.2, 0) is 6.54 Å². The van der Waals surface area contributed by atoms with Gasteiger partial charge in [0.15, 0.2) is 0 Å². The number of unbranched alkanes of at least 4 members (excludes halogenated alkanes) is 13. The van der Waals surface area contributed by atoms with Gasteiger partial charge in [-0.15, -0.1) is 0 Å². The van der Waals surface area contributed by atoms with Gasteiger partial charge in [-0.25, -0.2) is 0 Å². The largest absolute Gasteiger partial charge is 0.320 e. The molecular formula is C24H46N2Si. The molecule has 0 radical (unpaired) electrons. The molecule has 3 heteroatoms. The Bertz CT molecular complexity index is 397.